The average molecular weight is 380 g/mol. The van der Waals surface area contributed by atoms with Crippen molar-refractivity contribution in [3.8, 4) is 0 Å². The summed E-state index contributed by atoms with van der Waals surface area (Å²) in [6.07, 6.45) is 0.572. The molecule has 0 aliphatic carbocycles. The molecule has 2 aromatic carbocycles. The molecule has 1 atom stereocenters. The summed E-state index contributed by atoms with van der Waals surface area (Å²) in [4.78, 5) is 25.3. The van der Waals surface area contributed by atoms with Crippen LogP contribution in [-0.4, -0.2) is 16.3 Å². The predicted octanol–water partition coefficient (Wildman–Crippen LogP) is 3.80. The number of nitrogens with one attached hydrogen (secondary N) is 1. The minimum absolute atomic E-state index is 0.0159. The van der Waals surface area contributed by atoms with Crippen molar-refractivity contribution in [2.75, 3.05) is 0 Å². The number of hydrogen-bond donors (Lipinski definition) is 1. The molecule has 6 heteroatoms. The van der Waals surface area contributed by atoms with Gasteiger partial charge in [0.05, 0.1) is 11.6 Å². The van der Waals surface area contributed by atoms with Crippen molar-refractivity contribution in [2.45, 2.75) is 25.4 Å². The van der Waals surface area contributed by atoms with Crippen molar-refractivity contribution in [2.24, 2.45) is 0 Å². The number of aromatic nitrogens is 1. The predicted molar refractivity (Wildman–Crippen MR) is 99.9 cm³/mol. The number of benzene rings is 2. The van der Waals surface area contributed by atoms with Gasteiger partial charge in [-0.05, 0) is 24.6 Å². The molecule has 0 saturated heterocycles. The first-order chi connectivity index (χ1) is 13.5. The highest BCUT2D eigenvalue weighted by Gasteiger charge is 2.31. The van der Waals surface area contributed by atoms with Gasteiger partial charge in [0, 0.05) is 36.0 Å². The molecule has 0 fully saturated rings. The molecule has 4 rings (SSSR count). The molecule has 3 aromatic rings. The monoisotopic (exact) mass is 380 g/mol. The van der Waals surface area contributed by atoms with Crippen LogP contribution in [-0.2, 0) is 17.9 Å². The number of rotatable bonds is 5. The van der Waals surface area contributed by atoms with E-state index in [1.807, 2.05) is 22.8 Å². The molecule has 1 unspecified atom stereocenters. The maximum atomic E-state index is 13.7. The summed E-state index contributed by atoms with van der Waals surface area (Å²) in [6, 6.07) is 15.8. The van der Waals surface area contributed by atoms with Crippen molar-refractivity contribution in [3.05, 3.63) is 94.8 Å². The molecule has 4 nitrogen and oxygen atoms in total. The Morgan fingerprint density at radius 1 is 1.04 bits per heavy atom. The third kappa shape index (κ3) is 3.33. The van der Waals surface area contributed by atoms with Crippen molar-refractivity contribution in [1.82, 2.24) is 9.88 Å². The normalized spacial score (nSPS) is 15.3. The van der Waals surface area contributed by atoms with E-state index in [4.69, 9.17) is 0 Å². The molecule has 1 aliphatic rings. The molecule has 1 N–H and O–H groups in total. The van der Waals surface area contributed by atoms with Crippen LogP contribution >= 0.6 is 0 Å². The number of fused-ring (bicyclic) bond motifs is 1. The van der Waals surface area contributed by atoms with Gasteiger partial charge in [0.25, 0.3) is 0 Å². The first-order valence-corrected chi connectivity index (χ1v) is 9.05. The molecular formula is C22H18F2N2O2. The lowest BCUT2D eigenvalue weighted by Crippen LogP contribution is -2.28. The fourth-order valence-corrected chi connectivity index (χ4v) is 3.61. The molecule has 1 aromatic heterocycles. The van der Waals surface area contributed by atoms with Crippen LogP contribution in [0.25, 0.3) is 0 Å². The SMILES string of the molecule is O=C(c1ccccc1)c1ccc2n1CCC2C(=O)NCc1ccc(F)cc1F. The smallest absolute Gasteiger partial charge is 0.229 e. The van der Waals surface area contributed by atoms with Gasteiger partial charge in [-0.1, -0.05) is 36.4 Å². The van der Waals surface area contributed by atoms with E-state index >= 15 is 0 Å². The topological polar surface area (TPSA) is 51.1 Å². The largest absolute Gasteiger partial charge is 0.351 e. The van der Waals surface area contributed by atoms with Crippen LogP contribution in [0.5, 0.6) is 0 Å². The molecule has 1 amide bonds. The lowest BCUT2D eigenvalue weighted by Gasteiger charge is -2.11. The van der Waals surface area contributed by atoms with Crippen LogP contribution in [0.1, 0.15) is 39.6 Å². The molecule has 2 heterocycles. The van der Waals surface area contributed by atoms with Crippen LogP contribution in [0.4, 0.5) is 8.78 Å². The molecule has 1 aliphatic heterocycles. The maximum absolute atomic E-state index is 13.7. The average Bonchev–Trinajstić information content (AvgIpc) is 3.29. The molecular weight excluding hydrogens is 362 g/mol. The Morgan fingerprint density at radius 3 is 2.57 bits per heavy atom. The summed E-state index contributed by atoms with van der Waals surface area (Å²) in [5.74, 6) is -2.07. The Balaban J connectivity index is 1.48. The van der Waals surface area contributed by atoms with E-state index in [9.17, 15) is 18.4 Å². The summed E-state index contributed by atoms with van der Waals surface area (Å²) >= 11 is 0. The van der Waals surface area contributed by atoms with Crippen LogP contribution in [0.2, 0.25) is 0 Å². The van der Waals surface area contributed by atoms with E-state index in [1.165, 1.54) is 6.07 Å². The van der Waals surface area contributed by atoms with E-state index in [2.05, 4.69) is 5.32 Å². The Morgan fingerprint density at radius 2 is 1.82 bits per heavy atom. The van der Waals surface area contributed by atoms with E-state index in [0.717, 1.165) is 17.8 Å². The maximum Gasteiger partial charge on any atom is 0.229 e. The fraction of sp³-hybridized carbons (Fsp3) is 0.182. The van der Waals surface area contributed by atoms with Crippen LogP contribution in [0.15, 0.2) is 60.7 Å². The van der Waals surface area contributed by atoms with E-state index in [-0.39, 0.29) is 23.8 Å². The summed E-state index contributed by atoms with van der Waals surface area (Å²) in [6.45, 7) is 0.553. The van der Waals surface area contributed by atoms with Crippen molar-refractivity contribution >= 4 is 11.7 Å². The van der Waals surface area contributed by atoms with Gasteiger partial charge in [-0.25, -0.2) is 8.78 Å². The lowest BCUT2D eigenvalue weighted by molar-refractivity contribution is -0.122. The van der Waals surface area contributed by atoms with Gasteiger partial charge in [-0.3, -0.25) is 9.59 Å². The fourth-order valence-electron chi connectivity index (χ4n) is 3.61. The Labute approximate surface area is 160 Å². The zero-order valence-corrected chi connectivity index (χ0v) is 15.0. The molecule has 28 heavy (non-hydrogen) atoms. The number of hydrogen-bond acceptors (Lipinski definition) is 2. The van der Waals surface area contributed by atoms with Crippen molar-refractivity contribution in [3.63, 3.8) is 0 Å². The minimum atomic E-state index is -0.689. The molecule has 0 spiro atoms. The van der Waals surface area contributed by atoms with Gasteiger partial charge in [0.1, 0.15) is 11.6 Å². The number of amides is 1. The van der Waals surface area contributed by atoms with Gasteiger partial charge in [0.15, 0.2) is 0 Å². The number of nitrogens with zero attached hydrogens (tertiary/aromatic N) is 1. The van der Waals surface area contributed by atoms with E-state index in [1.54, 1.807) is 24.3 Å². The van der Waals surface area contributed by atoms with Gasteiger partial charge in [-0.15, -0.1) is 0 Å². The van der Waals surface area contributed by atoms with Gasteiger partial charge >= 0.3 is 0 Å². The first-order valence-electron chi connectivity index (χ1n) is 9.05. The molecule has 0 bridgehead atoms. The zero-order chi connectivity index (χ0) is 19.7. The third-order valence-electron chi connectivity index (χ3n) is 5.07. The summed E-state index contributed by atoms with van der Waals surface area (Å²) in [5, 5.41) is 2.71. The second kappa shape index (κ2) is 7.38. The van der Waals surface area contributed by atoms with Crippen molar-refractivity contribution < 1.29 is 18.4 Å². The zero-order valence-electron chi connectivity index (χ0n) is 15.0. The first kappa shape index (κ1) is 18.1. The quantitative estimate of drug-likeness (QED) is 0.685. The molecule has 142 valence electrons. The van der Waals surface area contributed by atoms with Crippen LogP contribution in [0.3, 0.4) is 0 Å². The van der Waals surface area contributed by atoms with E-state index in [0.29, 0.717) is 24.2 Å². The Bertz CT molecular complexity index is 1040. The Kier molecular flexibility index (Phi) is 4.77. The van der Waals surface area contributed by atoms with Crippen LogP contribution < -0.4 is 5.32 Å². The minimum Gasteiger partial charge on any atom is -0.351 e. The summed E-state index contributed by atoms with van der Waals surface area (Å²) in [7, 11) is 0. The van der Waals surface area contributed by atoms with Gasteiger partial charge in [-0.2, -0.15) is 0 Å². The third-order valence-corrected chi connectivity index (χ3v) is 5.07. The van der Waals surface area contributed by atoms with Crippen molar-refractivity contribution in [1.29, 1.82) is 0 Å². The number of halogens is 2. The highest BCUT2D eigenvalue weighted by Crippen LogP contribution is 2.31. The lowest BCUT2D eigenvalue weighted by atomic mass is 10.0. The second-order valence-corrected chi connectivity index (χ2v) is 6.79. The summed E-state index contributed by atoms with van der Waals surface area (Å²) in [5.41, 5.74) is 2.16. The number of ketones is 1. The van der Waals surface area contributed by atoms with Crippen LogP contribution in [0, 0.1) is 11.6 Å². The highest BCUT2D eigenvalue weighted by atomic mass is 19.1. The Hall–Kier alpha value is -3.28. The number of carbonyl (C=O) groups is 2. The molecule has 0 saturated carbocycles. The summed E-state index contributed by atoms with van der Waals surface area (Å²) < 4.78 is 28.6. The van der Waals surface area contributed by atoms with Gasteiger partial charge in [0.2, 0.25) is 11.7 Å². The highest BCUT2D eigenvalue weighted by molar-refractivity contribution is 6.08. The standard InChI is InChI=1S/C22H18F2N2O2/c23-16-7-6-15(18(24)12-16)13-25-22(28)17-10-11-26-19(17)8-9-20(26)21(27)14-4-2-1-3-5-14/h1-9,12,17H,10-11,13H2,(H,25,28). The second-order valence-electron chi connectivity index (χ2n) is 6.79. The van der Waals surface area contributed by atoms with E-state index < -0.39 is 17.6 Å². The molecule has 0 radical (unpaired) electrons. The van der Waals surface area contributed by atoms with Gasteiger partial charge < -0.3 is 9.88 Å². The number of carbonyl (C=O) groups excluding carboxylic acids is 2.